The topological polar surface area (TPSA) is 74.7 Å². The lowest BCUT2D eigenvalue weighted by Gasteiger charge is -2.10. The highest BCUT2D eigenvalue weighted by Gasteiger charge is 2.04. The molecule has 0 fully saturated rings. The average Bonchev–Trinajstić information content (AvgIpc) is 2.33. The summed E-state index contributed by atoms with van der Waals surface area (Å²) in [6.45, 7) is 2.72. The third-order valence-electron chi connectivity index (χ3n) is 2.20. The number of anilines is 1. The van der Waals surface area contributed by atoms with Gasteiger partial charge in [-0.3, -0.25) is 0 Å². The fourth-order valence-electron chi connectivity index (χ4n) is 1.25. The van der Waals surface area contributed by atoms with Crippen molar-refractivity contribution in [3.63, 3.8) is 0 Å². The van der Waals surface area contributed by atoms with E-state index in [1.807, 2.05) is 19.0 Å². The fraction of sp³-hybridized carbons (Fsp3) is 0.500. The van der Waals surface area contributed by atoms with E-state index in [1.54, 1.807) is 12.1 Å². The number of likely N-dealkylation sites (N-methyl/N-ethyl adjacent to an activating group) is 1. The van der Waals surface area contributed by atoms with Gasteiger partial charge in [-0.2, -0.15) is 0 Å². The number of rotatable bonds is 8. The van der Waals surface area contributed by atoms with Crippen LogP contribution in [0, 0.1) is 0 Å². The highest BCUT2D eigenvalue weighted by Crippen LogP contribution is 2.04. The van der Waals surface area contributed by atoms with Crippen LogP contribution in [0.15, 0.2) is 18.2 Å². The van der Waals surface area contributed by atoms with E-state index in [0.717, 1.165) is 6.54 Å². The van der Waals surface area contributed by atoms with Crippen molar-refractivity contribution < 1.29 is 14.6 Å². The summed E-state index contributed by atoms with van der Waals surface area (Å²) < 4.78 is 5.40. The van der Waals surface area contributed by atoms with Crippen molar-refractivity contribution in [1.29, 1.82) is 0 Å². The molecule has 1 heterocycles. The Morgan fingerprint density at radius 3 is 2.89 bits per heavy atom. The van der Waals surface area contributed by atoms with E-state index in [2.05, 4.69) is 10.3 Å². The molecule has 0 aliphatic carbocycles. The first-order chi connectivity index (χ1) is 8.59. The maximum absolute atomic E-state index is 10.7. The molecule has 0 aliphatic rings. The van der Waals surface area contributed by atoms with Crippen LogP contribution in [-0.2, 0) is 4.74 Å². The second-order valence-electron chi connectivity index (χ2n) is 4.06. The predicted molar refractivity (Wildman–Crippen MR) is 69.1 cm³/mol. The number of pyridine rings is 1. The number of hydrogen-bond acceptors (Lipinski definition) is 5. The van der Waals surface area contributed by atoms with Crippen molar-refractivity contribution in [2.75, 3.05) is 45.7 Å². The van der Waals surface area contributed by atoms with Gasteiger partial charge in [0.2, 0.25) is 0 Å². The van der Waals surface area contributed by atoms with Crippen LogP contribution in [0.25, 0.3) is 0 Å². The summed E-state index contributed by atoms with van der Waals surface area (Å²) in [5.41, 5.74) is 0.0357. The Balaban J connectivity index is 2.23. The Morgan fingerprint density at radius 2 is 2.22 bits per heavy atom. The van der Waals surface area contributed by atoms with Gasteiger partial charge < -0.3 is 20.1 Å². The number of aromatic nitrogens is 1. The van der Waals surface area contributed by atoms with Gasteiger partial charge in [0.15, 0.2) is 5.69 Å². The average molecular weight is 253 g/mol. The fourth-order valence-corrected chi connectivity index (χ4v) is 1.25. The Kier molecular flexibility index (Phi) is 6.10. The van der Waals surface area contributed by atoms with E-state index < -0.39 is 5.97 Å². The number of nitrogens with one attached hydrogen (secondary N) is 1. The van der Waals surface area contributed by atoms with Crippen molar-refractivity contribution in [2.45, 2.75) is 0 Å². The zero-order chi connectivity index (χ0) is 13.4. The molecule has 0 spiro atoms. The van der Waals surface area contributed by atoms with E-state index in [0.29, 0.717) is 25.6 Å². The molecule has 1 aromatic rings. The quantitative estimate of drug-likeness (QED) is 0.667. The normalized spacial score (nSPS) is 10.6. The van der Waals surface area contributed by atoms with Gasteiger partial charge in [-0.1, -0.05) is 6.07 Å². The SMILES string of the molecule is CN(C)CCOCCNc1cccc(C(=O)O)n1. The minimum Gasteiger partial charge on any atom is -0.477 e. The lowest BCUT2D eigenvalue weighted by Crippen LogP contribution is -2.20. The predicted octanol–water partition coefficient (Wildman–Crippen LogP) is 0.770. The largest absolute Gasteiger partial charge is 0.477 e. The van der Waals surface area contributed by atoms with Gasteiger partial charge in [0.25, 0.3) is 0 Å². The first kappa shape index (κ1) is 14.4. The molecule has 0 atom stereocenters. The monoisotopic (exact) mass is 253 g/mol. The molecule has 0 aliphatic heterocycles. The molecule has 0 unspecified atom stereocenters. The van der Waals surface area contributed by atoms with Gasteiger partial charge in [-0.25, -0.2) is 9.78 Å². The molecule has 6 nitrogen and oxygen atoms in total. The van der Waals surface area contributed by atoms with E-state index >= 15 is 0 Å². The van der Waals surface area contributed by atoms with Crippen LogP contribution in [0.1, 0.15) is 10.5 Å². The van der Waals surface area contributed by atoms with Crippen molar-refractivity contribution in [1.82, 2.24) is 9.88 Å². The van der Waals surface area contributed by atoms with Gasteiger partial charge in [0.05, 0.1) is 13.2 Å². The van der Waals surface area contributed by atoms with Gasteiger partial charge >= 0.3 is 5.97 Å². The van der Waals surface area contributed by atoms with Crippen LogP contribution >= 0.6 is 0 Å². The summed E-state index contributed by atoms with van der Waals surface area (Å²) in [6.07, 6.45) is 0. The number of carboxylic acid groups (broad SMARTS) is 1. The van der Waals surface area contributed by atoms with Crippen LogP contribution in [0.2, 0.25) is 0 Å². The standard InChI is InChI=1S/C12H19N3O3/c1-15(2)7-9-18-8-6-13-11-5-3-4-10(14-11)12(16)17/h3-5H,6-9H2,1-2H3,(H,13,14)(H,16,17). The second-order valence-corrected chi connectivity index (χ2v) is 4.06. The Morgan fingerprint density at radius 1 is 1.44 bits per heavy atom. The third kappa shape index (κ3) is 5.60. The molecule has 2 N–H and O–H groups in total. The number of carbonyl (C=O) groups is 1. The zero-order valence-electron chi connectivity index (χ0n) is 10.7. The molecule has 0 saturated carbocycles. The molecule has 6 heteroatoms. The molecule has 18 heavy (non-hydrogen) atoms. The molecular weight excluding hydrogens is 234 g/mol. The van der Waals surface area contributed by atoms with Gasteiger partial charge in [-0.05, 0) is 26.2 Å². The summed E-state index contributed by atoms with van der Waals surface area (Å²) in [5, 5.41) is 11.8. The van der Waals surface area contributed by atoms with Crippen molar-refractivity contribution in [3.05, 3.63) is 23.9 Å². The summed E-state index contributed by atoms with van der Waals surface area (Å²) in [4.78, 5) is 16.7. The van der Waals surface area contributed by atoms with Crippen LogP contribution < -0.4 is 5.32 Å². The molecule has 0 radical (unpaired) electrons. The van der Waals surface area contributed by atoms with Crippen LogP contribution in [0.3, 0.4) is 0 Å². The number of ether oxygens (including phenoxy) is 1. The van der Waals surface area contributed by atoms with Crippen LogP contribution in [0.4, 0.5) is 5.82 Å². The number of nitrogens with zero attached hydrogens (tertiary/aromatic N) is 2. The van der Waals surface area contributed by atoms with E-state index in [1.165, 1.54) is 6.07 Å². The molecule has 0 saturated heterocycles. The maximum Gasteiger partial charge on any atom is 0.354 e. The van der Waals surface area contributed by atoms with Crippen molar-refractivity contribution in [2.24, 2.45) is 0 Å². The second kappa shape index (κ2) is 7.62. The highest BCUT2D eigenvalue weighted by atomic mass is 16.5. The molecule has 0 bridgehead atoms. The minimum atomic E-state index is -1.03. The van der Waals surface area contributed by atoms with Crippen molar-refractivity contribution in [3.8, 4) is 0 Å². The Hall–Kier alpha value is -1.66. The Labute approximate surface area is 107 Å². The van der Waals surface area contributed by atoms with E-state index in [4.69, 9.17) is 9.84 Å². The van der Waals surface area contributed by atoms with Gasteiger partial charge in [0, 0.05) is 13.1 Å². The molecule has 0 aromatic carbocycles. The van der Waals surface area contributed by atoms with Crippen LogP contribution in [-0.4, -0.2) is 61.4 Å². The summed E-state index contributed by atoms with van der Waals surface area (Å²) in [5.74, 6) is -0.480. The van der Waals surface area contributed by atoms with E-state index in [-0.39, 0.29) is 5.69 Å². The van der Waals surface area contributed by atoms with Crippen molar-refractivity contribution >= 4 is 11.8 Å². The summed E-state index contributed by atoms with van der Waals surface area (Å²) in [7, 11) is 3.98. The zero-order valence-corrected chi connectivity index (χ0v) is 10.7. The number of carboxylic acids is 1. The first-order valence-corrected chi connectivity index (χ1v) is 5.76. The molecule has 100 valence electrons. The summed E-state index contributed by atoms with van der Waals surface area (Å²) in [6, 6.07) is 4.85. The smallest absolute Gasteiger partial charge is 0.354 e. The van der Waals surface area contributed by atoms with Gasteiger partial charge in [-0.15, -0.1) is 0 Å². The Bertz CT molecular complexity index is 383. The highest BCUT2D eigenvalue weighted by molar-refractivity contribution is 5.85. The number of aromatic carboxylic acids is 1. The third-order valence-corrected chi connectivity index (χ3v) is 2.20. The molecule has 0 amide bonds. The van der Waals surface area contributed by atoms with Gasteiger partial charge in [0.1, 0.15) is 5.82 Å². The van der Waals surface area contributed by atoms with E-state index in [9.17, 15) is 4.79 Å². The lowest BCUT2D eigenvalue weighted by molar-refractivity contribution is 0.0690. The maximum atomic E-state index is 10.7. The first-order valence-electron chi connectivity index (χ1n) is 5.76. The molecule has 1 aromatic heterocycles. The molecular formula is C12H19N3O3. The molecule has 1 rings (SSSR count). The number of hydrogen-bond donors (Lipinski definition) is 2. The van der Waals surface area contributed by atoms with Crippen LogP contribution in [0.5, 0.6) is 0 Å². The minimum absolute atomic E-state index is 0.0357. The summed E-state index contributed by atoms with van der Waals surface area (Å²) >= 11 is 0. The lowest BCUT2D eigenvalue weighted by atomic mass is 10.3.